The van der Waals surface area contributed by atoms with Gasteiger partial charge in [0.2, 0.25) is 5.91 Å². The van der Waals surface area contributed by atoms with Crippen molar-refractivity contribution in [2.75, 3.05) is 5.32 Å². The monoisotopic (exact) mass is 305 g/mol. The van der Waals surface area contributed by atoms with Crippen LogP contribution in [0.15, 0.2) is 47.3 Å². The van der Waals surface area contributed by atoms with E-state index in [-0.39, 0.29) is 11.8 Å². The molecule has 1 unspecified atom stereocenters. The smallest absolute Gasteiger partial charge is 0.232 e. The SMILES string of the molecule is CC(C(=O)Nc1cnc(Br)cn1)c1ccccc1. The summed E-state index contributed by atoms with van der Waals surface area (Å²) in [6.45, 7) is 1.86. The highest BCUT2D eigenvalue weighted by Gasteiger charge is 2.15. The summed E-state index contributed by atoms with van der Waals surface area (Å²) in [5.74, 6) is 0.125. The van der Waals surface area contributed by atoms with Crippen molar-refractivity contribution < 1.29 is 4.79 Å². The van der Waals surface area contributed by atoms with Crippen LogP contribution in [0.5, 0.6) is 0 Å². The maximum Gasteiger partial charge on any atom is 0.232 e. The van der Waals surface area contributed by atoms with Gasteiger partial charge in [0.15, 0.2) is 5.82 Å². The molecule has 0 saturated heterocycles. The second kappa shape index (κ2) is 5.73. The molecule has 2 rings (SSSR count). The summed E-state index contributed by atoms with van der Waals surface area (Å²) in [4.78, 5) is 20.1. The summed E-state index contributed by atoms with van der Waals surface area (Å²) in [5, 5.41) is 2.73. The highest BCUT2D eigenvalue weighted by Crippen LogP contribution is 2.16. The fourth-order valence-corrected chi connectivity index (χ4v) is 1.71. The Morgan fingerprint density at radius 1 is 1.22 bits per heavy atom. The van der Waals surface area contributed by atoms with E-state index in [2.05, 4.69) is 31.2 Å². The van der Waals surface area contributed by atoms with Crippen LogP contribution in [0, 0.1) is 0 Å². The van der Waals surface area contributed by atoms with E-state index >= 15 is 0 Å². The highest BCUT2D eigenvalue weighted by molar-refractivity contribution is 9.10. The van der Waals surface area contributed by atoms with E-state index < -0.39 is 0 Å². The Kier molecular flexibility index (Phi) is 4.04. The van der Waals surface area contributed by atoms with Crippen molar-refractivity contribution in [1.29, 1.82) is 0 Å². The van der Waals surface area contributed by atoms with Crippen molar-refractivity contribution in [3.05, 3.63) is 52.9 Å². The number of benzene rings is 1. The molecule has 5 heteroatoms. The quantitative estimate of drug-likeness (QED) is 0.948. The van der Waals surface area contributed by atoms with E-state index in [9.17, 15) is 4.79 Å². The van der Waals surface area contributed by atoms with Crippen LogP contribution in [0.2, 0.25) is 0 Å². The van der Waals surface area contributed by atoms with E-state index in [1.807, 2.05) is 37.3 Å². The summed E-state index contributed by atoms with van der Waals surface area (Å²) >= 11 is 3.19. The van der Waals surface area contributed by atoms with Crippen molar-refractivity contribution in [3.63, 3.8) is 0 Å². The Labute approximate surface area is 114 Å². The molecule has 1 aromatic heterocycles. The molecule has 4 nitrogen and oxygen atoms in total. The molecule has 2 aromatic rings. The van der Waals surface area contributed by atoms with Gasteiger partial charge in [0.1, 0.15) is 4.60 Å². The van der Waals surface area contributed by atoms with Gasteiger partial charge in [-0.3, -0.25) is 4.79 Å². The summed E-state index contributed by atoms with van der Waals surface area (Å²) in [6.07, 6.45) is 3.06. The lowest BCUT2D eigenvalue weighted by molar-refractivity contribution is -0.117. The molecule has 1 N–H and O–H groups in total. The van der Waals surface area contributed by atoms with Crippen molar-refractivity contribution in [2.45, 2.75) is 12.8 Å². The fourth-order valence-electron chi connectivity index (χ4n) is 1.50. The van der Waals surface area contributed by atoms with Crippen LogP contribution in [-0.2, 0) is 4.79 Å². The van der Waals surface area contributed by atoms with Gasteiger partial charge in [-0.25, -0.2) is 9.97 Å². The standard InChI is InChI=1S/C13H12BrN3O/c1-9(10-5-3-2-4-6-10)13(18)17-12-8-15-11(14)7-16-12/h2-9H,1H3,(H,16,17,18). The van der Waals surface area contributed by atoms with Gasteiger partial charge in [0.05, 0.1) is 18.3 Å². The van der Waals surface area contributed by atoms with Crippen molar-refractivity contribution in [3.8, 4) is 0 Å². The summed E-state index contributed by atoms with van der Waals surface area (Å²) in [6, 6.07) is 9.61. The van der Waals surface area contributed by atoms with Crippen LogP contribution < -0.4 is 5.32 Å². The normalized spacial score (nSPS) is 11.9. The molecule has 18 heavy (non-hydrogen) atoms. The fraction of sp³-hybridized carbons (Fsp3) is 0.154. The highest BCUT2D eigenvalue weighted by atomic mass is 79.9. The largest absolute Gasteiger partial charge is 0.309 e. The first-order valence-electron chi connectivity index (χ1n) is 5.50. The minimum atomic E-state index is -0.225. The Bertz CT molecular complexity index is 528. The van der Waals surface area contributed by atoms with Crippen LogP contribution in [0.4, 0.5) is 5.82 Å². The van der Waals surface area contributed by atoms with Crippen molar-refractivity contribution in [2.24, 2.45) is 0 Å². The lowest BCUT2D eigenvalue weighted by Crippen LogP contribution is -2.19. The number of hydrogen-bond donors (Lipinski definition) is 1. The first kappa shape index (κ1) is 12.7. The van der Waals surface area contributed by atoms with Crippen LogP contribution in [-0.4, -0.2) is 15.9 Å². The number of rotatable bonds is 3. The third-order valence-corrected chi connectivity index (χ3v) is 2.97. The molecule has 0 radical (unpaired) electrons. The van der Waals surface area contributed by atoms with Gasteiger partial charge in [-0.1, -0.05) is 30.3 Å². The predicted molar refractivity (Wildman–Crippen MR) is 73.2 cm³/mol. The average molecular weight is 306 g/mol. The molecule has 0 aliphatic heterocycles. The Balaban J connectivity index is 2.06. The van der Waals surface area contributed by atoms with Crippen molar-refractivity contribution in [1.82, 2.24) is 9.97 Å². The summed E-state index contributed by atoms with van der Waals surface area (Å²) in [5.41, 5.74) is 0.972. The number of nitrogens with one attached hydrogen (secondary N) is 1. The van der Waals surface area contributed by atoms with Crippen molar-refractivity contribution >= 4 is 27.7 Å². The second-order valence-electron chi connectivity index (χ2n) is 3.85. The molecule has 0 fully saturated rings. The molecule has 0 bridgehead atoms. The van der Waals surface area contributed by atoms with Gasteiger partial charge < -0.3 is 5.32 Å². The molecule has 0 saturated carbocycles. The number of hydrogen-bond acceptors (Lipinski definition) is 3. The molecule has 1 aromatic carbocycles. The number of carbonyl (C=O) groups is 1. The minimum absolute atomic E-state index is 0.0992. The van der Waals surface area contributed by atoms with Crippen LogP contribution in [0.3, 0.4) is 0 Å². The molecule has 0 aliphatic carbocycles. The Hall–Kier alpha value is -1.75. The number of nitrogens with zero attached hydrogens (tertiary/aromatic N) is 2. The number of aromatic nitrogens is 2. The zero-order valence-electron chi connectivity index (χ0n) is 9.80. The zero-order chi connectivity index (χ0) is 13.0. The molecular formula is C13H12BrN3O. The summed E-state index contributed by atoms with van der Waals surface area (Å²) < 4.78 is 0.636. The minimum Gasteiger partial charge on any atom is -0.309 e. The maximum absolute atomic E-state index is 12.0. The van der Waals surface area contributed by atoms with E-state index in [4.69, 9.17) is 0 Å². The first-order chi connectivity index (χ1) is 8.66. The molecule has 92 valence electrons. The van der Waals surface area contributed by atoms with Gasteiger partial charge in [0.25, 0.3) is 0 Å². The molecular weight excluding hydrogens is 294 g/mol. The zero-order valence-corrected chi connectivity index (χ0v) is 11.4. The van der Waals surface area contributed by atoms with Gasteiger partial charge >= 0.3 is 0 Å². The number of amides is 1. The molecule has 1 heterocycles. The van der Waals surface area contributed by atoms with Crippen LogP contribution in [0.25, 0.3) is 0 Å². The van der Waals surface area contributed by atoms with E-state index in [1.165, 1.54) is 6.20 Å². The molecule has 1 atom stereocenters. The lowest BCUT2D eigenvalue weighted by Gasteiger charge is -2.11. The lowest BCUT2D eigenvalue weighted by atomic mass is 10.0. The van der Waals surface area contributed by atoms with Crippen LogP contribution >= 0.6 is 15.9 Å². The third-order valence-electron chi connectivity index (χ3n) is 2.56. The second-order valence-corrected chi connectivity index (χ2v) is 4.66. The molecule has 0 spiro atoms. The number of carbonyl (C=O) groups excluding carboxylic acids is 1. The predicted octanol–water partition coefficient (Wildman–Crippen LogP) is 2.98. The average Bonchev–Trinajstić information content (AvgIpc) is 2.41. The van der Waals surface area contributed by atoms with E-state index in [0.717, 1.165) is 5.56 Å². The first-order valence-corrected chi connectivity index (χ1v) is 6.29. The third kappa shape index (κ3) is 3.13. The van der Waals surface area contributed by atoms with Gasteiger partial charge in [-0.2, -0.15) is 0 Å². The van der Waals surface area contributed by atoms with Crippen LogP contribution in [0.1, 0.15) is 18.4 Å². The Morgan fingerprint density at radius 3 is 2.56 bits per heavy atom. The number of anilines is 1. The Morgan fingerprint density at radius 2 is 1.94 bits per heavy atom. The van der Waals surface area contributed by atoms with E-state index in [1.54, 1.807) is 6.20 Å². The summed E-state index contributed by atoms with van der Waals surface area (Å²) in [7, 11) is 0. The van der Waals surface area contributed by atoms with E-state index in [0.29, 0.717) is 10.4 Å². The topological polar surface area (TPSA) is 54.9 Å². The van der Waals surface area contributed by atoms with Gasteiger partial charge in [-0.15, -0.1) is 0 Å². The molecule has 0 aliphatic rings. The van der Waals surface area contributed by atoms with Gasteiger partial charge in [0, 0.05) is 0 Å². The molecule has 1 amide bonds. The number of halogens is 1. The van der Waals surface area contributed by atoms with Gasteiger partial charge in [-0.05, 0) is 28.4 Å². The maximum atomic E-state index is 12.0.